The minimum atomic E-state index is -0.547. The Morgan fingerprint density at radius 3 is 2.36 bits per heavy atom. The Labute approximate surface area is 87.5 Å². The minimum absolute atomic E-state index is 0.140. The summed E-state index contributed by atoms with van der Waals surface area (Å²) in [5.74, 6) is 0.140. The molecule has 0 radical (unpaired) electrons. The molecule has 0 rings (SSSR count). The van der Waals surface area contributed by atoms with E-state index in [9.17, 15) is 9.59 Å². The third-order valence-corrected chi connectivity index (χ3v) is 1.66. The Morgan fingerprint density at radius 1 is 1.36 bits per heavy atom. The van der Waals surface area contributed by atoms with Crippen LogP contribution in [0.25, 0.3) is 0 Å². The van der Waals surface area contributed by atoms with Gasteiger partial charge in [0.25, 0.3) is 0 Å². The van der Waals surface area contributed by atoms with Gasteiger partial charge in [0.1, 0.15) is 5.60 Å². The fourth-order valence-corrected chi connectivity index (χ4v) is 0.953. The molecule has 1 N–H and O–H groups in total. The molecule has 0 aliphatic heterocycles. The second-order valence-corrected chi connectivity index (χ2v) is 4.33. The number of rotatable bonds is 2. The summed E-state index contributed by atoms with van der Waals surface area (Å²) in [6, 6.07) is 0. The van der Waals surface area contributed by atoms with Gasteiger partial charge >= 0.3 is 11.4 Å². The van der Waals surface area contributed by atoms with Gasteiger partial charge in [-0.1, -0.05) is 0 Å². The maximum Gasteiger partial charge on any atom is 0.408 e. The molecule has 0 fully saturated rings. The lowest BCUT2D eigenvalue weighted by Crippen LogP contribution is -2.32. The lowest BCUT2D eigenvalue weighted by molar-refractivity contribution is 0.0538. The molecule has 14 heavy (non-hydrogen) atoms. The van der Waals surface area contributed by atoms with Crippen LogP contribution in [0.5, 0.6) is 0 Å². The molecule has 82 valence electrons. The maximum absolute atomic E-state index is 11.0. The van der Waals surface area contributed by atoms with Crippen molar-refractivity contribution in [3.8, 4) is 0 Å². The van der Waals surface area contributed by atoms with Crippen LogP contribution in [-0.4, -0.2) is 30.0 Å². The number of alkyl carbamates (subject to hydrolysis) is 1. The molecular formula is C8H15NO4S. The van der Waals surface area contributed by atoms with Gasteiger partial charge in [0.2, 0.25) is 0 Å². The van der Waals surface area contributed by atoms with Crippen LogP contribution in [0.4, 0.5) is 9.59 Å². The zero-order valence-electron chi connectivity index (χ0n) is 8.75. The molecule has 0 saturated heterocycles. The quantitative estimate of drug-likeness (QED) is 0.570. The molecule has 0 aromatic carbocycles. The molecule has 1 amide bonds. The fourth-order valence-electron chi connectivity index (χ4n) is 0.527. The van der Waals surface area contributed by atoms with Gasteiger partial charge in [-0.25, -0.2) is 9.59 Å². The predicted octanol–water partition coefficient (Wildman–Crippen LogP) is 1.97. The average molecular weight is 221 g/mol. The molecule has 6 heteroatoms. The first-order valence-electron chi connectivity index (χ1n) is 4.03. The number of thioether (sulfide) groups is 1. The highest BCUT2D eigenvalue weighted by Crippen LogP contribution is 2.07. The van der Waals surface area contributed by atoms with E-state index in [2.05, 4.69) is 10.1 Å². The van der Waals surface area contributed by atoms with Crippen LogP contribution in [0.3, 0.4) is 0 Å². The predicted molar refractivity (Wildman–Crippen MR) is 54.2 cm³/mol. The van der Waals surface area contributed by atoms with Gasteiger partial charge < -0.3 is 14.8 Å². The van der Waals surface area contributed by atoms with Gasteiger partial charge in [-0.15, -0.1) is 0 Å². The summed E-state index contributed by atoms with van der Waals surface area (Å²) in [6.45, 7) is 5.29. The molecular weight excluding hydrogens is 206 g/mol. The zero-order chi connectivity index (χ0) is 11.2. The van der Waals surface area contributed by atoms with E-state index in [1.807, 2.05) is 0 Å². The van der Waals surface area contributed by atoms with Crippen molar-refractivity contribution in [2.45, 2.75) is 26.4 Å². The second kappa shape index (κ2) is 5.74. The Balaban J connectivity index is 3.60. The van der Waals surface area contributed by atoms with Crippen LogP contribution in [0.15, 0.2) is 0 Å². The number of carbonyl (C=O) groups is 2. The highest BCUT2D eigenvalue weighted by Gasteiger charge is 2.15. The van der Waals surface area contributed by atoms with Gasteiger partial charge in [0, 0.05) is 0 Å². The molecule has 0 aliphatic carbocycles. The standard InChI is InChI=1S/C8H15NO4S/c1-8(2,3)13-6(10)9-5-14-7(11)12-4/h5H2,1-4H3,(H,9,10). The van der Waals surface area contributed by atoms with E-state index in [0.29, 0.717) is 0 Å². The monoisotopic (exact) mass is 221 g/mol. The molecule has 0 bridgehead atoms. The Kier molecular flexibility index (Phi) is 5.37. The molecule has 0 atom stereocenters. The highest BCUT2D eigenvalue weighted by molar-refractivity contribution is 8.13. The summed E-state index contributed by atoms with van der Waals surface area (Å²) in [5, 5.41) is 1.96. The van der Waals surface area contributed by atoms with Crippen molar-refractivity contribution in [1.82, 2.24) is 5.32 Å². The van der Waals surface area contributed by atoms with Gasteiger partial charge in [-0.05, 0) is 32.5 Å². The maximum atomic E-state index is 11.0. The third kappa shape index (κ3) is 7.72. The summed E-state index contributed by atoms with van der Waals surface area (Å²) in [7, 11) is 1.28. The van der Waals surface area contributed by atoms with Crippen LogP contribution in [0.1, 0.15) is 20.8 Å². The van der Waals surface area contributed by atoms with E-state index in [-0.39, 0.29) is 5.88 Å². The minimum Gasteiger partial charge on any atom is -0.461 e. The average Bonchev–Trinajstić information content (AvgIpc) is 2.00. The second-order valence-electron chi connectivity index (χ2n) is 3.42. The smallest absolute Gasteiger partial charge is 0.408 e. The summed E-state index contributed by atoms with van der Waals surface area (Å²) >= 11 is 0.858. The fraction of sp³-hybridized carbons (Fsp3) is 0.750. The molecule has 0 aromatic heterocycles. The first-order chi connectivity index (χ1) is 6.35. The van der Waals surface area contributed by atoms with Crippen molar-refractivity contribution in [2.75, 3.05) is 13.0 Å². The van der Waals surface area contributed by atoms with Crippen molar-refractivity contribution >= 4 is 23.2 Å². The number of nitrogens with one attached hydrogen (secondary N) is 1. The van der Waals surface area contributed by atoms with Crippen LogP contribution in [-0.2, 0) is 9.47 Å². The zero-order valence-corrected chi connectivity index (χ0v) is 9.56. The van der Waals surface area contributed by atoms with E-state index in [1.54, 1.807) is 20.8 Å². The first kappa shape index (κ1) is 13.1. The summed E-state index contributed by atoms with van der Waals surface area (Å²) in [4.78, 5) is 21.7. The summed E-state index contributed by atoms with van der Waals surface area (Å²) in [6.07, 6.45) is -0.547. The van der Waals surface area contributed by atoms with Gasteiger partial charge in [0.05, 0.1) is 13.0 Å². The number of carbonyl (C=O) groups excluding carboxylic acids is 2. The largest absolute Gasteiger partial charge is 0.461 e. The lowest BCUT2D eigenvalue weighted by atomic mass is 10.2. The third-order valence-electron chi connectivity index (χ3n) is 0.972. The van der Waals surface area contributed by atoms with Gasteiger partial charge in [-0.3, -0.25) is 0 Å². The Morgan fingerprint density at radius 2 is 1.93 bits per heavy atom. The SMILES string of the molecule is COC(=O)SCNC(=O)OC(C)(C)C. The normalized spacial score (nSPS) is 10.6. The molecule has 0 heterocycles. The topological polar surface area (TPSA) is 64.6 Å². The van der Waals surface area contributed by atoms with Crippen LogP contribution in [0, 0.1) is 0 Å². The number of hydrogen-bond acceptors (Lipinski definition) is 5. The number of hydrogen-bond donors (Lipinski definition) is 1. The van der Waals surface area contributed by atoms with E-state index in [1.165, 1.54) is 7.11 Å². The van der Waals surface area contributed by atoms with Crippen molar-refractivity contribution in [1.29, 1.82) is 0 Å². The van der Waals surface area contributed by atoms with Gasteiger partial charge in [0.15, 0.2) is 0 Å². The summed E-state index contributed by atoms with van der Waals surface area (Å²) in [5.41, 5.74) is -0.528. The number of ether oxygens (including phenoxy) is 2. The van der Waals surface area contributed by atoms with Gasteiger partial charge in [-0.2, -0.15) is 0 Å². The Bertz CT molecular complexity index is 212. The van der Waals surface area contributed by atoms with Crippen LogP contribution >= 0.6 is 11.8 Å². The van der Waals surface area contributed by atoms with E-state index >= 15 is 0 Å². The lowest BCUT2D eigenvalue weighted by Gasteiger charge is -2.19. The summed E-state index contributed by atoms with van der Waals surface area (Å²) < 4.78 is 9.30. The molecule has 0 aromatic rings. The molecule has 0 unspecified atom stereocenters. The number of amides is 1. The molecule has 0 spiro atoms. The Hall–Kier alpha value is -0.910. The molecule has 0 saturated carbocycles. The van der Waals surface area contributed by atoms with Crippen molar-refractivity contribution in [3.63, 3.8) is 0 Å². The van der Waals surface area contributed by atoms with Crippen LogP contribution in [0.2, 0.25) is 0 Å². The van der Waals surface area contributed by atoms with E-state index in [0.717, 1.165) is 11.8 Å². The highest BCUT2D eigenvalue weighted by atomic mass is 32.2. The number of methoxy groups -OCH3 is 1. The molecule has 5 nitrogen and oxygen atoms in total. The molecule has 0 aliphatic rings. The van der Waals surface area contributed by atoms with Crippen LogP contribution < -0.4 is 5.32 Å². The van der Waals surface area contributed by atoms with E-state index < -0.39 is 17.0 Å². The van der Waals surface area contributed by atoms with E-state index in [4.69, 9.17) is 4.74 Å². The van der Waals surface area contributed by atoms with Crippen molar-refractivity contribution in [2.24, 2.45) is 0 Å². The first-order valence-corrected chi connectivity index (χ1v) is 5.01. The van der Waals surface area contributed by atoms with Crippen molar-refractivity contribution < 1.29 is 19.1 Å². The van der Waals surface area contributed by atoms with Crippen molar-refractivity contribution in [3.05, 3.63) is 0 Å².